The van der Waals surface area contributed by atoms with Gasteiger partial charge >= 0.3 is 0 Å². The van der Waals surface area contributed by atoms with Crippen LogP contribution in [0.15, 0.2) is 24.3 Å². The van der Waals surface area contributed by atoms with Gasteiger partial charge in [0.05, 0.1) is 5.75 Å². The van der Waals surface area contributed by atoms with Gasteiger partial charge in [-0.25, -0.2) is 8.42 Å². The summed E-state index contributed by atoms with van der Waals surface area (Å²) in [7, 11) is -3.03. The zero-order valence-electron chi connectivity index (χ0n) is 12.0. The second kappa shape index (κ2) is 5.95. The van der Waals surface area contributed by atoms with E-state index in [9.17, 15) is 13.2 Å². The fourth-order valence-corrected chi connectivity index (χ4v) is 3.24. The monoisotopic (exact) mass is 295 g/mol. The molecule has 0 aromatic heterocycles. The lowest BCUT2D eigenvalue weighted by Crippen LogP contribution is -2.37. The molecule has 0 atom stereocenters. The minimum absolute atomic E-state index is 0.0166. The molecule has 1 amide bonds. The van der Waals surface area contributed by atoms with Crippen molar-refractivity contribution in [2.45, 2.75) is 25.5 Å². The molecule has 1 aromatic carbocycles. The second-order valence-electron chi connectivity index (χ2n) is 5.74. The highest BCUT2D eigenvalue weighted by molar-refractivity contribution is 7.89. The van der Waals surface area contributed by atoms with Gasteiger partial charge in [-0.2, -0.15) is 0 Å². The van der Waals surface area contributed by atoms with Crippen molar-refractivity contribution in [3.8, 4) is 0 Å². The van der Waals surface area contributed by atoms with E-state index in [0.29, 0.717) is 11.5 Å². The number of sulfone groups is 1. The van der Waals surface area contributed by atoms with E-state index >= 15 is 0 Å². The number of likely N-dealkylation sites (tertiary alicyclic amines) is 1. The Morgan fingerprint density at radius 2 is 1.75 bits per heavy atom. The van der Waals surface area contributed by atoms with Crippen LogP contribution in [0.25, 0.3) is 0 Å². The predicted molar refractivity (Wildman–Crippen MR) is 79.3 cm³/mol. The fourth-order valence-electron chi connectivity index (χ4n) is 2.44. The molecule has 0 N–H and O–H groups in total. The lowest BCUT2D eigenvalue weighted by atomic mass is 9.98. The Bertz CT molecular complexity index is 570. The van der Waals surface area contributed by atoms with Gasteiger partial charge in [-0.1, -0.05) is 19.1 Å². The summed E-state index contributed by atoms with van der Waals surface area (Å²) in [5.41, 5.74) is 1.35. The van der Waals surface area contributed by atoms with Crippen LogP contribution in [0.5, 0.6) is 0 Å². The molecule has 0 spiro atoms. The topological polar surface area (TPSA) is 54.5 Å². The molecule has 5 heteroatoms. The standard InChI is InChI=1S/C15H21NO3S/c1-12-7-9-16(10-8-12)15(17)14-5-3-13(4-6-14)11-20(2,18)19/h3-6,12H,7-11H2,1-2H3. The van der Waals surface area contributed by atoms with E-state index < -0.39 is 9.84 Å². The molecular formula is C15H21NO3S. The van der Waals surface area contributed by atoms with Crippen molar-refractivity contribution in [2.24, 2.45) is 5.92 Å². The van der Waals surface area contributed by atoms with Crippen molar-refractivity contribution in [1.29, 1.82) is 0 Å². The van der Waals surface area contributed by atoms with Gasteiger partial charge in [-0.05, 0) is 36.5 Å². The SMILES string of the molecule is CC1CCN(C(=O)c2ccc(CS(C)(=O)=O)cc2)CC1. The first-order valence-corrected chi connectivity index (χ1v) is 8.97. The van der Waals surface area contributed by atoms with E-state index in [2.05, 4.69) is 6.92 Å². The smallest absolute Gasteiger partial charge is 0.253 e. The lowest BCUT2D eigenvalue weighted by molar-refractivity contribution is 0.0697. The Morgan fingerprint density at radius 3 is 2.25 bits per heavy atom. The summed E-state index contributed by atoms with van der Waals surface area (Å²) in [6.45, 7) is 3.83. The van der Waals surface area contributed by atoms with Crippen molar-refractivity contribution < 1.29 is 13.2 Å². The molecule has 0 aliphatic carbocycles. The molecule has 0 bridgehead atoms. The van der Waals surface area contributed by atoms with Gasteiger partial charge in [0.1, 0.15) is 0 Å². The van der Waals surface area contributed by atoms with Gasteiger partial charge < -0.3 is 4.90 Å². The van der Waals surface area contributed by atoms with Gasteiger partial charge in [0, 0.05) is 24.9 Å². The maximum atomic E-state index is 12.3. The molecule has 1 heterocycles. The van der Waals surface area contributed by atoms with Crippen molar-refractivity contribution in [3.63, 3.8) is 0 Å². The highest BCUT2D eigenvalue weighted by atomic mass is 32.2. The minimum atomic E-state index is -3.03. The zero-order chi connectivity index (χ0) is 14.8. The maximum Gasteiger partial charge on any atom is 0.253 e. The molecule has 2 rings (SSSR count). The first kappa shape index (κ1) is 15.0. The highest BCUT2D eigenvalue weighted by Gasteiger charge is 2.21. The summed E-state index contributed by atoms with van der Waals surface area (Å²) < 4.78 is 22.4. The first-order chi connectivity index (χ1) is 9.35. The molecule has 4 nitrogen and oxygen atoms in total. The van der Waals surface area contributed by atoms with Crippen molar-refractivity contribution in [1.82, 2.24) is 4.90 Å². The summed E-state index contributed by atoms with van der Waals surface area (Å²) >= 11 is 0. The molecule has 20 heavy (non-hydrogen) atoms. The largest absolute Gasteiger partial charge is 0.339 e. The second-order valence-corrected chi connectivity index (χ2v) is 7.88. The molecule has 0 radical (unpaired) electrons. The highest BCUT2D eigenvalue weighted by Crippen LogP contribution is 2.18. The summed E-state index contributed by atoms with van der Waals surface area (Å²) in [5.74, 6) is 0.752. The van der Waals surface area contributed by atoms with Crippen molar-refractivity contribution >= 4 is 15.7 Å². The van der Waals surface area contributed by atoms with Crippen LogP contribution in [0.2, 0.25) is 0 Å². The number of benzene rings is 1. The van der Waals surface area contributed by atoms with E-state index in [-0.39, 0.29) is 11.7 Å². The normalized spacial score (nSPS) is 17.2. The van der Waals surface area contributed by atoms with Crippen molar-refractivity contribution in [2.75, 3.05) is 19.3 Å². The van der Waals surface area contributed by atoms with Crippen LogP contribution in [0, 0.1) is 5.92 Å². The zero-order valence-corrected chi connectivity index (χ0v) is 12.8. The average molecular weight is 295 g/mol. The number of nitrogens with zero attached hydrogens (tertiary/aromatic N) is 1. The average Bonchev–Trinajstić information content (AvgIpc) is 2.38. The van der Waals surface area contributed by atoms with Gasteiger partial charge in [-0.3, -0.25) is 4.79 Å². The third-order valence-corrected chi connectivity index (χ3v) is 4.56. The Hall–Kier alpha value is -1.36. The number of carbonyl (C=O) groups excluding carboxylic acids is 1. The molecule has 1 aliphatic rings. The lowest BCUT2D eigenvalue weighted by Gasteiger charge is -2.30. The van der Waals surface area contributed by atoms with E-state index in [1.807, 2.05) is 4.90 Å². The summed E-state index contributed by atoms with van der Waals surface area (Å²) in [6, 6.07) is 6.89. The molecule has 1 fully saturated rings. The molecule has 0 saturated carbocycles. The van der Waals surface area contributed by atoms with Crippen LogP contribution in [0.1, 0.15) is 35.7 Å². The summed E-state index contributed by atoms with van der Waals surface area (Å²) in [4.78, 5) is 14.2. The van der Waals surface area contributed by atoms with Crippen LogP contribution < -0.4 is 0 Å². The van der Waals surface area contributed by atoms with E-state index in [1.54, 1.807) is 24.3 Å². The number of carbonyl (C=O) groups is 1. The van der Waals surface area contributed by atoms with Crippen LogP contribution in [0.4, 0.5) is 0 Å². The Morgan fingerprint density at radius 1 is 1.20 bits per heavy atom. The fraction of sp³-hybridized carbons (Fsp3) is 0.533. The molecule has 1 saturated heterocycles. The number of piperidine rings is 1. The van der Waals surface area contributed by atoms with Gasteiger partial charge in [-0.15, -0.1) is 0 Å². The molecule has 1 aliphatic heterocycles. The third kappa shape index (κ3) is 4.07. The van der Waals surface area contributed by atoms with Crippen LogP contribution >= 0.6 is 0 Å². The van der Waals surface area contributed by atoms with Gasteiger partial charge in [0.25, 0.3) is 5.91 Å². The van der Waals surface area contributed by atoms with Gasteiger partial charge in [0.2, 0.25) is 0 Å². The molecule has 1 aromatic rings. The first-order valence-electron chi connectivity index (χ1n) is 6.91. The van der Waals surface area contributed by atoms with Crippen LogP contribution in [-0.2, 0) is 15.6 Å². The number of amides is 1. The minimum Gasteiger partial charge on any atom is -0.339 e. The summed E-state index contributed by atoms with van der Waals surface area (Å²) in [6.07, 6.45) is 3.32. The molecule has 0 unspecified atom stereocenters. The van der Waals surface area contributed by atoms with E-state index in [1.165, 1.54) is 6.26 Å². The number of rotatable bonds is 3. The molecule has 110 valence electrons. The Kier molecular flexibility index (Phi) is 4.48. The predicted octanol–water partition coefficient (Wildman–Crippen LogP) is 2.10. The van der Waals surface area contributed by atoms with Gasteiger partial charge in [0.15, 0.2) is 9.84 Å². The Balaban J connectivity index is 2.04. The maximum absolute atomic E-state index is 12.3. The van der Waals surface area contributed by atoms with Crippen LogP contribution in [-0.4, -0.2) is 38.6 Å². The number of hydrogen-bond acceptors (Lipinski definition) is 3. The van der Waals surface area contributed by atoms with Crippen molar-refractivity contribution in [3.05, 3.63) is 35.4 Å². The number of hydrogen-bond donors (Lipinski definition) is 0. The summed E-state index contributed by atoms with van der Waals surface area (Å²) in [5, 5.41) is 0. The van der Waals surface area contributed by atoms with E-state index in [4.69, 9.17) is 0 Å². The third-order valence-electron chi connectivity index (χ3n) is 3.70. The quantitative estimate of drug-likeness (QED) is 0.858. The molecular weight excluding hydrogens is 274 g/mol. The van der Waals surface area contributed by atoms with E-state index in [0.717, 1.165) is 31.5 Å². The van der Waals surface area contributed by atoms with Crippen LogP contribution in [0.3, 0.4) is 0 Å². The Labute approximate surface area is 120 Å².